The van der Waals surface area contributed by atoms with Gasteiger partial charge in [0, 0.05) is 11.4 Å². The van der Waals surface area contributed by atoms with Crippen molar-refractivity contribution >= 4 is 28.4 Å². The summed E-state index contributed by atoms with van der Waals surface area (Å²) in [7, 11) is 0. The minimum atomic E-state index is -0.885. The molecule has 0 radical (unpaired) electrons. The SMILES string of the molecule is OC(C/C(F)=C/c1ccc2ccccc2c1)c1ccc(Cl)cc1. The Hall–Kier alpha value is -2.16. The van der Waals surface area contributed by atoms with Crippen molar-refractivity contribution < 1.29 is 9.50 Å². The van der Waals surface area contributed by atoms with Crippen LogP contribution in [0.15, 0.2) is 72.6 Å². The van der Waals surface area contributed by atoms with E-state index in [1.165, 1.54) is 6.08 Å². The fraction of sp³-hybridized carbons (Fsp3) is 0.100. The number of aliphatic hydroxyl groups is 1. The van der Waals surface area contributed by atoms with E-state index in [0.717, 1.165) is 16.3 Å². The Morgan fingerprint density at radius 2 is 1.70 bits per heavy atom. The molecule has 3 rings (SSSR count). The van der Waals surface area contributed by atoms with E-state index < -0.39 is 6.10 Å². The molecule has 1 N–H and O–H groups in total. The minimum Gasteiger partial charge on any atom is -0.388 e. The number of aliphatic hydroxyl groups excluding tert-OH is 1. The van der Waals surface area contributed by atoms with Crippen molar-refractivity contribution in [3.05, 3.63) is 88.7 Å². The third-order valence-corrected chi connectivity index (χ3v) is 3.99. The second-order valence-electron chi connectivity index (χ2n) is 5.47. The molecule has 0 aliphatic carbocycles. The monoisotopic (exact) mass is 326 g/mol. The number of benzene rings is 3. The quantitative estimate of drug-likeness (QED) is 0.630. The molecular formula is C20H16ClFO. The lowest BCUT2D eigenvalue weighted by molar-refractivity contribution is 0.171. The molecule has 0 saturated heterocycles. The Morgan fingerprint density at radius 3 is 2.43 bits per heavy atom. The van der Waals surface area contributed by atoms with Gasteiger partial charge in [-0.1, -0.05) is 60.1 Å². The van der Waals surface area contributed by atoms with E-state index in [9.17, 15) is 9.50 Å². The Morgan fingerprint density at radius 1 is 1.00 bits per heavy atom. The van der Waals surface area contributed by atoms with Gasteiger partial charge in [-0.2, -0.15) is 0 Å². The second-order valence-corrected chi connectivity index (χ2v) is 5.91. The summed E-state index contributed by atoms with van der Waals surface area (Å²) in [6.45, 7) is 0. The molecule has 0 fully saturated rings. The Labute approximate surface area is 139 Å². The van der Waals surface area contributed by atoms with E-state index in [2.05, 4.69) is 0 Å². The lowest BCUT2D eigenvalue weighted by Gasteiger charge is -2.10. The number of fused-ring (bicyclic) bond motifs is 1. The van der Waals surface area contributed by atoms with Gasteiger partial charge in [-0.3, -0.25) is 0 Å². The molecule has 1 nitrogen and oxygen atoms in total. The summed E-state index contributed by atoms with van der Waals surface area (Å²) in [5.74, 6) is -0.359. The second kappa shape index (κ2) is 6.95. The van der Waals surface area contributed by atoms with Crippen LogP contribution in [0.5, 0.6) is 0 Å². The van der Waals surface area contributed by atoms with E-state index >= 15 is 0 Å². The molecule has 3 heteroatoms. The van der Waals surface area contributed by atoms with Gasteiger partial charge in [-0.05, 0) is 46.2 Å². The highest BCUT2D eigenvalue weighted by Crippen LogP contribution is 2.25. The normalized spacial score (nSPS) is 13.3. The van der Waals surface area contributed by atoms with Crippen molar-refractivity contribution in [3.63, 3.8) is 0 Å². The highest BCUT2D eigenvalue weighted by Gasteiger charge is 2.10. The van der Waals surface area contributed by atoms with Gasteiger partial charge < -0.3 is 5.11 Å². The summed E-state index contributed by atoms with van der Waals surface area (Å²) >= 11 is 5.81. The third-order valence-electron chi connectivity index (χ3n) is 3.74. The van der Waals surface area contributed by atoms with E-state index in [0.29, 0.717) is 10.6 Å². The molecule has 1 atom stereocenters. The van der Waals surface area contributed by atoms with Gasteiger partial charge >= 0.3 is 0 Å². The molecule has 23 heavy (non-hydrogen) atoms. The van der Waals surface area contributed by atoms with E-state index in [4.69, 9.17) is 11.6 Å². The van der Waals surface area contributed by atoms with Crippen LogP contribution in [0.4, 0.5) is 4.39 Å². The fourth-order valence-corrected chi connectivity index (χ4v) is 2.65. The third kappa shape index (κ3) is 3.98. The van der Waals surface area contributed by atoms with Crippen LogP contribution < -0.4 is 0 Å². The zero-order chi connectivity index (χ0) is 16.2. The van der Waals surface area contributed by atoms with Crippen LogP contribution in [0.2, 0.25) is 5.02 Å². The Balaban J connectivity index is 1.76. The van der Waals surface area contributed by atoms with Crippen molar-refractivity contribution in [2.75, 3.05) is 0 Å². The predicted molar refractivity (Wildman–Crippen MR) is 94.1 cm³/mol. The molecular weight excluding hydrogens is 311 g/mol. The molecule has 1 unspecified atom stereocenters. The fourth-order valence-electron chi connectivity index (χ4n) is 2.52. The van der Waals surface area contributed by atoms with Crippen molar-refractivity contribution in [2.45, 2.75) is 12.5 Å². The maximum atomic E-state index is 14.2. The molecule has 3 aromatic rings. The average Bonchev–Trinajstić information content (AvgIpc) is 2.55. The number of hydrogen-bond acceptors (Lipinski definition) is 1. The summed E-state index contributed by atoms with van der Waals surface area (Å²) in [4.78, 5) is 0. The minimum absolute atomic E-state index is 0.0611. The molecule has 0 heterocycles. The lowest BCUT2D eigenvalue weighted by atomic mass is 10.0. The van der Waals surface area contributed by atoms with Crippen LogP contribution in [0, 0.1) is 0 Å². The summed E-state index contributed by atoms with van der Waals surface area (Å²) in [6.07, 6.45) is 0.518. The molecule has 0 aromatic heterocycles. The van der Waals surface area contributed by atoms with Gasteiger partial charge in [0.25, 0.3) is 0 Å². The smallest absolute Gasteiger partial charge is 0.103 e. The van der Waals surface area contributed by atoms with E-state index in [-0.39, 0.29) is 12.2 Å². The van der Waals surface area contributed by atoms with Gasteiger partial charge in [-0.15, -0.1) is 0 Å². The zero-order valence-corrected chi connectivity index (χ0v) is 13.2. The van der Waals surface area contributed by atoms with Gasteiger partial charge in [0.2, 0.25) is 0 Å². The number of hydrogen-bond donors (Lipinski definition) is 1. The van der Waals surface area contributed by atoms with Crippen molar-refractivity contribution in [1.29, 1.82) is 0 Å². The maximum absolute atomic E-state index is 14.2. The van der Waals surface area contributed by atoms with Gasteiger partial charge in [-0.25, -0.2) is 4.39 Å². The van der Waals surface area contributed by atoms with Crippen molar-refractivity contribution in [2.24, 2.45) is 0 Å². The largest absolute Gasteiger partial charge is 0.388 e. The predicted octanol–water partition coefficient (Wildman–Crippen LogP) is 5.93. The topological polar surface area (TPSA) is 20.2 Å². The summed E-state index contributed by atoms with van der Waals surface area (Å²) in [5, 5.41) is 12.9. The first-order valence-corrected chi connectivity index (χ1v) is 7.78. The van der Waals surface area contributed by atoms with Gasteiger partial charge in [0.05, 0.1) is 6.10 Å². The van der Waals surface area contributed by atoms with Crippen LogP contribution in [0.1, 0.15) is 23.7 Å². The maximum Gasteiger partial charge on any atom is 0.103 e. The molecule has 0 spiro atoms. The zero-order valence-electron chi connectivity index (χ0n) is 12.4. The van der Waals surface area contributed by atoms with E-state index in [1.54, 1.807) is 24.3 Å². The summed E-state index contributed by atoms with van der Waals surface area (Å²) in [5.41, 5.74) is 1.43. The molecule has 0 saturated carbocycles. The van der Waals surface area contributed by atoms with Crippen LogP contribution in [0.3, 0.4) is 0 Å². The molecule has 0 amide bonds. The standard InChI is InChI=1S/C20H16ClFO/c21-18-9-7-16(8-10-18)20(23)13-19(22)12-14-5-6-15-3-1-2-4-17(15)11-14/h1-12,20,23H,13H2/b19-12-. The molecule has 3 aromatic carbocycles. The van der Waals surface area contributed by atoms with Crippen LogP contribution in [-0.2, 0) is 0 Å². The first-order valence-electron chi connectivity index (χ1n) is 7.40. The van der Waals surface area contributed by atoms with Crippen molar-refractivity contribution in [3.8, 4) is 0 Å². The van der Waals surface area contributed by atoms with Gasteiger partial charge in [0.1, 0.15) is 5.83 Å². The Bertz CT molecular complexity index is 840. The molecule has 116 valence electrons. The average molecular weight is 327 g/mol. The summed E-state index contributed by atoms with van der Waals surface area (Å²) < 4.78 is 14.2. The highest BCUT2D eigenvalue weighted by atomic mass is 35.5. The Kier molecular flexibility index (Phi) is 4.75. The first-order chi connectivity index (χ1) is 11.1. The van der Waals surface area contributed by atoms with Crippen LogP contribution in [-0.4, -0.2) is 5.11 Å². The van der Waals surface area contributed by atoms with Gasteiger partial charge in [0.15, 0.2) is 0 Å². The van der Waals surface area contributed by atoms with Crippen molar-refractivity contribution in [1.82, 2.24) is 0 Å². The molecule has 0 aliphatic heterocycles. The van der Waals surface area contributed by atoms with E-state index in [1.807, 2.05) is 42.5 Å². The number of halogens is 2. The van der Waals surface area contributed by atoms with Crippen LogP contribution >= 0.6 is 11.6 Å². The molecule has 0 bridgehead atoms. The number of rotatable bonds is 4. The first kappa shape index (κ1) is 15.7. The highest BCUT2D eigenvalue weighted by molar-refractivity contribution is 6.30. The lowest BCUT2D eigenvalue weighted by Crippen LogP contribution is -1.97. The summed E-state index contributed by atoms with van der Waals surface area (Å²) in [6, 6.07) is 20.5. The molecule has 0 aliphatic rings. The van der Waals surface area contributed by atoms with Crippen LogP contribution in [0.25, 0.3) is 16.8 Å².